The molecule has 0 spiro atoms. The molecule has 0 bridgehead atoms. The first-order valence-corrected chi connectivity index (χ1v) is 4.74. The van der Waals surface area contributed by atoms with Crippen molar-refractivity contribution in [2.75, 3.05) is 0 Å². The Balaban J connectivity index is 2.53. The molecule has 0 heterocycles. The lowest BCUT2D eigenvalue weighted by Gasteiger charge is -1.95. The summed E-state index contributed by atoms with van der Waals surface area (Å²) < 4.78 is 0. The maximum absolute atomic E-state index is 9.20. The molecule has 1 rings (SSSR count). The fraction of sp³-hybridized carbons (Fsp3) is 0.231. The van der Waals surface area contributed by atoms with Gasteiger partial charge < -0.3 is 5.11 Å². The first-order valence-electron chi connectivity index (χ1n) is 4.74. The fourth-order valence-corrected chi connectivity index (χ4v) is 0.942. The maximum atomic E-state index is 9.20. The quantitative estimate of drug-likeness (QED) is 0.703. The number of benzene rings is 1. The number of hydrogen-bond acceptors (Lipinski definition) is 1. The first kappa shape index (κ1) is 10.6. The maximum Gasteiger partial charge on any atom is 0.0727 e. The third-order valence-corrected chi connectivity index (χ3v) is 1.81. The Hall–Kier alpha value is -1.52. The van der Waals surface area contributed by atoms with Crippen LogP contribution in [0.3, 0.4) is 0 Å². The molecule has 14 heavy (non-hydrogen) atoms. The molecule has 0 saturated carbocycles. The summed E-state index contributed by atoms with van der Waals surface area (Å²) in [4.78, 5) is 0. The molecule has 0 aliphatic carbocycles. The Bertz CT molecular complexity index is 340. The minimum Gasteiger partial charge on any atom is -0.389 e. The van der Waals surface area contributed by atoms with E-state index < -0.39 is 0 Å². The standard InChI is InChI=1S/C13H14O/c1-2-13(14)11-7-6-10-12-8-4-3-5-9-12/h3-5,7-9,11,13-14H,2H2,1H3/b11-7-. The average Bonchev–Trinajstić information content (AvgIpc) is 2.25. The van der Waals surface area contributed by atoms with Crippen LogP contribution < -0.4 is 0 Å². The van der Waals surface area contributed by atoms with Gasteiger partial charge in [-0.15, -0.1) is 0 Å². The zero-order valence-electron chi connectivity index (χ0n) is 8.27. The van der Waals surface area contributed by atoms with Gasteiger partial charge in [0, 0.05) is 5.56 Å². The topological polar surface area (TPSA) is 20.2 Å². The van der Waals surface area contributed by atoms with Crippen LogP contribution in [0.25, 0.3) is 0 Å². The van der Waals surface area contributed by atoms with E-state index in [1.807, 2.05) is 37.3 Å². The molecule has 0 saturated heterocycles. The number of allylic oxidation sites excluding steroid dienone is 1. The Morgan fingerprint density at radius 2 is 2.07 bits per heavy atom. The van der Waals surface area contributed by atoms with E-state index in [1.54, 1.807) is 12.2 Å². The van der Waals surface area contributed by atoms with Crippen LogP contribution in [0, 0.1) is 11.8 Å². The van der Waals surface area contributed by atoms with Gasteiger partial charge in [-0.3, -0.25) is 0 Å². The van der Waals surface area contributed by atoms with Crippen molar-refractivity contribution in [3.8, 4) is 11.8 Å². The zero-order valence-corrected chi connectivity index (χ0v) is 8.27. The van der Waals surface area contributed by atoms with Gasteiger partial charge in [-0.1, -0.05) is 37.0 Å². The van der Waals surface area contributed by atoms with E-state index in [0.717, 1.165) is 12.0 Å². The van der Waals surface area contributed by atoms with Crippen molar-refractivity contribution in [3.05, 3.63) is 48.0 Å². The van der Waals surface area contributed by atoms with Crippen LogP contribution in [0.1, 0.15) is 18.9 Å². The summed E-state index contributed by atoms with van der Waals surface area (Å²) in [5, 5.41) is 9.20. The Morgan fingerprint density at radius 3 is 2.71 bits per heavy atom. The summed E-state index contributed by atoms with van der Waals surface area (Å²) in [6.07, 6.45) is 3.75. The third kappa shape index (κ3) is 3.93. The number of rotatable bonds is 2. The third-order valence-electron chi connectivity index (χ3n) is 1.81. The van der Waals surface area contributed by atoms with E-state index in [2.05, 4.69) is 11.8 Å². The van der Waals surface area contributed by atoms with Crippen molar-refractivity contribution in [2.24, 2.45) is 0 Å². The molecule has 1 aromatic carbocycles. The van der Waals surface area contributed by atoms with Gasteiger partial charge in [-0.05, 0) is 30.7 Å². The highest BCUT2D eigenvalue weighted by atomic mass is 16.3. The van der Waals surface area contributed by atoms with E-state index >= 15 is 0 Å². The highest BCUT2D eigenvalue weighted by Crippen LogP contribution is 1.95. The van der Waals surface area contributed by atoms with Gasteiger partial charge in [-0.2, -0.15) is 0 Å². The van der Waals surface area contributed by atoms with Crippen LogP contribution in [0.5, 0.6) is 0 Å². The molecule has 72 valence electrons. The second kappa shape index (κ2) is 6.01. The summed E-state index contributed by atoms with van der Waals surface area (Å²) in [6, 6.07) is 9.78. The smallest absolute Gasteiger partial charge is 0.0727 e. The lowest BCUT2D eigenvalue weighted by atomic mass is 10.2. The Labute approximate surface area is 85.1 Å². The van der Waals surface area contributed by atoms with E-state index in [0.29, 0.717) is 0 Å². The van der Waals surface area contributed by atoms with Gasteiger partial charge in [0.2, 0.25) is 0 Å². The van der Waals surface area contributed by atoms with Crippen LogP contribution in [-0.2, 0) is 0 Å². The van der Waals surface area contributed by atoms with Crippen molar-refractivity contribution >= 4 is 0 Å². The normalized spacial score (nSPS) is 12.1. The molecule has 1 aromatic rings. The molecule has 1 nitrogen and oxygen atoms in total. The van der Waals surface area contributed by atoms with Gasteiger partial charge in [0.1, 0.15) is 0 Å². The summed E-state index contributed by atoms with van der Waals surface area (Å²) in [6.45, 7) is 1.93. The van der Waals surface area contributed by atoms with E-state index in [-0.39, 0.29) is 6.10 Å². The summed E-state index contributed by atoms with van der Waals surface area (Å²) in [5.74, 6) is 5.85. The highest BCUT2D eigenvalue weighted by Gasteiger charge is 1.89. The van der Waals surface area contributed by atoms with Crippen molar-refractivity contribution in [1.82, 2.24) is 0 Å². The molecule has 0 aliphatic rings. The summed E-state index contributed by atoms with van der Waals surface area (Å²) in [7, 11) is 0. The lowest BCUT2D eigenvalue weighted by molar-refractivity contribution is 0.219. The Kier molecular flexibility index (Phi) is 4.54. The molecule has 1 heteroatoms. The van der Waals surface area contributed by atoms with Crippen molar-refractivity contribution in [2.45, 2.75) is 19.4 Å². The SMILES string of the molecule is CCC(O)/C=C\C#Cc1ccccc1. The van der Waals surface area contributed by atoms with Crippen LogP contribution in [-0.4, -0.2) is 11.2 Å². The first-order chi connectivity index (χ1) is 6.83. The van der Waals surface area contributed by atoms with Crippen molar-refractivity contribution < 1.29 is 5.11 Å². The molecule has 0 amide bonds. The number of aliphatic hydroxyl groups excluding tert-OH is 1. The van der Waals surface area contributed by atoms with Crippen molar-refractivity contribution in [3.63, 3.8) is 0 Å². The average molecular weight is 186 g/mol. The minimum absolute atomic E-state index is 0.375. The lowest BCUT2D eigenvalue weighted by Crippen LogP contribution is -1.97. The summed E-state index contributed by atoms with van der Waals surface area (Å²) >= 11 is 0. The van der Waals surface area contributed by atoms with Gasteiger partial charge in [0.25, 0.3) is 0 Å². The number of hydrogen-bond donors (Lipinski definition) is 1. The van der Waals surface area contributed by atoms with E-state index in [1.165, 1.54) is 0 Å². The molecule has 1 unspecified atom stereocenters. The molecule has 0 aliphatic heterocycles. The largest absolute Gasteiger partial charge is 0.389 e. The van der Waals surface area contributed by atoms with Crippen LogP contribution in [0.2, 0.25) is 0 Å². The molecule has 1 N–H and O–H groups in total. The molecular formula is C13H14O. The monoisotopic (exact) mass is 186 g/mol. The molecule has 0 radical (unpaired) electrons. The Morgan fingerprint density at radius 1 is 1.36 bits per heavy atom. The van der Waals surface area contributed by atoms with Gasteiger partial charge in [0.05, 0.1) is 6.10 Å². The molecule has 1 atom stereocenters. The molecular weight excluding hydrogens is 172 g/mol. The molecule has 0 fully saturated rings. The fourth-order valence-electron chi connectivity index (χ4n) is 0.942. The second-order valence-electron chi connectivity index (χ2n) is 2.97. The van der Waals surface area contributed by atoms with Gasteiger partial charge in [-0.25, -0.2) is 0 Å². The van der Waals surface area contributed by atoms with E-state index in [4.69, 9.17) is 0 Å². The highest BCUT2D eigenvalue weighted by molar-refractivity contribution is 5.36. The van der Waals surface area contributed by atoms with Crippen molar-refractivity contribution in [1.29, 1.82) is 0 Å². The number of aliphatic hydroxyl groups is 1. The van der Waals surface area contributed by atoms with Crippen LogP contribution >= 0.6 is 0 Å². The second-order valence-corrected chi connectivity index (χ2v) is 2.97. The zero-order chi connectivity index (χ0) is 10.2. The molecule has 0 aromatic heterocycles. The van der Waals surface area contributed by atoms with Gasteiger partial charge in [0.15, 0.2) is 0 Å². The predicted molar refractivity (Wildman–Crippen MR) is 58.8 cm³/mol. The predicted octanol–water partition coefficient (Wildman–Crippen LogP) is 2.37. The van der Waals surface area contributed by atoms with Crippen LogP contribution in [0.4, 0.5) is 0 Å². The van der Waals surface area contributed by atoms with Crippen LogP contribution in [0.15, 0.2) is 42.5 Å². The summed E-state index contributed by atoms with van der Waals surface area (Å²) in [5.41, 5.74) is 0.989. The minimum atomic E-state index is -0.375. The van der Waals surface area contributed by atoms with Gasteiger partial charge >= 0.3 is 0 Å². The van der Waals surface area contributed by atoms with E-state index in [9.17, 15) is 5.11 Å².